The Balaban J connectivity index is 2.44. The molecule has 0 saturated carbocycles. The minimum atomic E-state index is -0.911. The summed E-state index contributed by atoms with van der Waals surface area (Å²) in [6, 6.07) is 1.79. The van der Waals surface area contributed by atoms with Gasteiger partial charge < -0.3 is 10.0 Å². The van der Waals surface area contributed by atoms with E-state index in [1.807, 2.05) is 0 Å². The highest BCUT2D eigenvalue weighted by molar-refractivity contribution is 5.94. The molecule has 1 aliphatic rings. The summed E-state index contributed by atoms with van der Waals surface area (Å²) < 4.78 is 0. The van der Waals surface area contributed by atoms with Crippen LogP contribution in [-0.4, -0.2) is 28.1 Å². The molecule has 16 heavy (non-hydrogen) atoms. The lowest BCUT2D eigenvalue weighted by molar-refractivity contribution is 0.0697. The van der Waals surface area contributed by atoms with E-state index in [4.69, 9.17) is 5.11 Å². The average Bonchev–Trinajstić information content (AvgIpc) is 2.58. The van der Waals surface area contributed by atoms with E-state index in [1.54, 1.807) is 12.3 Å². The summed E-state index contributed by atoms with van der Waals surface area (Å²) in [7, 11) is 0. The monoisotopic (exact) mass is 220 g/mol. The zero-order valence-corrected chi connectivity index (χ0v) is 9.60. The number of hydrogen-bond acceptors (Lipinski definition) is 3. The number of rotatable bonds is 2. The van der Waals surface area contributed by atoms with E-state index in [9.17, 15) is 4.79 Å². The number of aromatic nitrogens is 1. The summed E-state index contributed by atoms with van der Waals surface area (Å²) in [5.74, 6) is -0.911. The van der Waals surface area contributed by atoms with Crippen LogP contribution in [0.15, 0.2) is 18.5 Å². The molecule has 0 atom stereocenters. The van der Waals surface area contributed by atoms with Crippen molar-refractivity contribution < 1.29 is 9.90 Å². The van der Waals surface area contributed by atoms with Crippen molar-refractivity contribution in [2.45, 2.75) is 32.2 Å². The van der Waals surface area contributed by atoms with Gasteiger partial charge in [-0.25, -0.2) is 4.79 Å². The summed E-state index contributed by atoms with van der Waals surface area (Å²) in [6.07, 6.45) is 5.27. The molecule has 4 nitrogen and oxygen atoms in total. The van der Waals surface area contributed by atoms with Gasteiger partial charge in [0.25, 0.3) is 0 Å². The lowest BCUT2D eigenvalue weighted by Crippen LogP contribution is -2.39. The van der Waals surface area contributed by atoms with Gasteiger partial charge in [-0.3, -0.25) is 4.98 Å². The van der Waals surface area contributed by atoms with Crippen LogP contribution in [0.1, 0.15) is 37.0 Å². The third-order valence-corrected chi connectivity index (χ3v) is 3.22. The van der Waals surface area contributed by atoms with Crippen LogP contribution in [0.2, 0.25) is 0 Å². The zero-order chi connectivity index (χ0) is 11.8. The van der Waals surface area contributed by atoms with E-state index in [1.165, 1.54) is 6.20 Å². The molecule has 1 fully saturated rings. The SMILES string of the molecule is CC1(C)CCCN1c1ccncc1C(=O)O. The van der Waals surface area contributed by atoms with Gasteiger partial charge in [-0.15, -0.1) is 0 Å². The van der Waals surface area contributed by atoms with E-state index in [-0.39, 0.29) is 11.1 Å². The van der Waals surface area contributed by atoms with Crippen LogP contribution < -0.4 is 4.90 Å². The van der Waals surface area contributed by atoms with Gasteiger partial charge in [0.1, 0.15) is 5.56 Å². The van der Waals surface area contributed by atoms with E-state index in [0.29, 0.717) is 0 Å². The summed E-state index contributed by atoms with van der Waals surface area (Å²) in [6.45, 7) is 5.20. The Hall–Kier alpha value is -1.58. The summed E-state index contributed by atoms with van der Waals surface area (Å²) in [5, 5.41) is 9.13. The Kier molecular flexibility index (Phi) is 2.58. The summed E-state index contributed by atoms with van der Waals surface area (Å²) in [5.41, 5.74) is 1.11. The van der Waals surface area contributed by atoms with Crippen molar-refractivity contribution >= 4 is 11.7 Å². The van der Waals surface area contributed by atoms with E-state index in [2.05, 4.69) is 23.7 Å². The second-order valence-corrected chi connectivity index (χ2v) is 4.77. The largest absolute Gasteiger partial charge is 0.478 e. The van der Waals surface area contributed by atoms with Gasteiger partial charge in [-0.05, 0) is 32.8 Å². The molecule has 0 amide bonds. The van der Waals surface area contributed by atoms with Crippen molar-refractivity contribution in [2.75, 3.05) is 11.4 Å². The fourth-order valence-corrected chi connectivity index (χ4v) is 2.34. The topological polar surface area (TPSA) is 53.4 Å². The van der Waals surface area contributed by atoms with Crippen LogP contribution >= 0.6 is 0 Å². The Bertz CT molecular complexity index is 415. The maximum atomic E-state index is 11.1. The maximum absolute atomic E-state index is 11.1. The number of anilines is 1. The minimum absolute atomic E-state index is 0.0333. The third kappa shape index (κ3) is 1.75. The predicted molar refractivity (Wildman–Crippen MR) is 61.9 cm³/mol. The van der Waals surface area contributed by atoms with E-state index in [0.717, 1.165) is 25.1 Å². The highest BCUT2D eigenvalue weighted by Crippen LogP contribution is 2.34. The Morgan fingerprint density at radius 2 is 2.31 bits per heavy atom. The van der Waals surface area contributed by atoms with E-state index >= 15 is 0 Å². The molecule has 0 aromatic carbocycles. The van der Waals surface area contributed by atoms with Crippen LogP contribution in [0, 0.1) is 0 Å². The van der Waals surface area contributed by atoms with Crippen molar-refractivity contribution in [3.05, 3.63) is 24.0 Å². The molecular weight excluding hydrogens is 204 g/mol. The second-order valence-electron chi connectivity index (χ2n) is 4.77. The average molecular weight is 220 g/mol. The molecule has 0 spiro atoms. The maximum Gasteiger partial charge on any atom is 0.339 e. The van der Waals surface area contributed by atoms with Gasteiger partial charge in [0.15, 0.2) is 0 Å². The molecule has 0 unspecified atom stereocenters. The van der Waals surface area contributed by atoms with Crippen molar-refractivity contribution in [3.63, 3.8) is 0 Å². The number of aromatic carboxylic acids is 1. The molecule has 1 saturated heterocycles. The van der Waals surface area contributed by atoms with Gasteiger partial charge in [0, 0.05) is 24.5 Å². The second kappa shape index (κ2) is 3.77. The van der Waals surface area contributed by atoms with Crippen molar-refractivity contribution in [2.24, 2.45) is 0 Å². The molecule has 1 aromatic heterocycles. The van der Waals surface area contributed by atoms with Crippen LogP contribution in [-0.2, 0) is 0 Å². The molecule has 1 aromatic rings. The van der Waals surface area contributed by atoms with Gasteiger partial charge >= 0.3 is 5.97 Å². The highest BCUT2D eigenvalue weighted by Gasteiger charge is 2.33. The van der Waals surface area contributed by atoms with Crippen molar-refractivity contribution in [3.8, 4) is 0 Å². The molecule has 0 aliphatic carbocycles. The number of pyridine rings is 1. The standard InChI is InChI=1S/C12H16N2O2/c1-12(2)5-3-7-14(12)10-4-6-13-8-9(10)11(15)16/h4,6,8H,3,5,7H2,1-2H3,(H,15,16). The zero-order valence-electron chi connectivity index (χ0n) is 9.60. The Morgan fingerprint density at radius 1 is 1.56 bits per heavy atom. The molecule has 0 radical (unpaired) electrons. The molecule has 2 heterocycles. The predicted octanol–water partition coefficient (Wildman–Crippen LogP) is 2.16. The molecule has 4 heteroatoms. The van der Waals surface area contributed by atoms with Gasteiger partial charge in [-0.1, -0.05) is 0 Å². The summed E-state index contributed by atoms with van der Waals surface area (Å²) >= 11 is 0. The fraction of sp³-hybridized carbons (Fsp3) is 0.500. The quantitative estimate of drug-likeness (QED) is 0.829. The Morgan fingerprint density at radius 3 is 2.88 bits per heavy atom. The molecular formula is C12H16N2O2. The molecule has 86 valence electrons. The minimum Gasteiger partial charge on any atom is -0.478 e. The lowest BCUT2D eigenvalue weighted by Gasteiger charge is -2.34. The van der Waals surface area contributed by atoms with Crippen molar-refractivity contribution in [1.29, 1.82) is 0 Å². The first kappa shape index (κ1) is 10.9. The molecule has 1 N–H and O–H groups in total. The third-order valence-electron chi connectivity index (χ3n) is 3.22. The molecule has 0 bridgehead atoms. The van der Waals surface area contributed by atoms with Crippen LogP contribution in [0.3, 0.4) is 0 Å². The first-order valence-electron chi connectivity index (χ1n) is 5.47. The number of carboxylic acid groups (broad SMARTS) is 1. The smallest absolute Gasteiger partial charge is 0.339 e. The number of hydrogen-bond donors (Lipinski definition) is 1. The lowest BCUT2D eigenvalue weighted by atomic mass is 10.0. The van der Waals surface area contributed by atoms with Gasteiger partial charge in [-0.2, -0.15) is 0 Å². The fourth-order valence-electron chi connectivity index (χ4n) is 2.34. The number of carboxylic acids is 1. The van der Waals surface area contributed by atoms with Gasteiger partial charge in [0.05, 0.1) is 5.69 Å². The highest BCUT2D eigenvalue weighted by atomic mass is 16.4. The number of carbonyl (C=O) groups is 1. The van der Waals surface area contributed by atoms with Crippen molar-refractivity contribution in [1.82, 2.24) is 4.98 Å². The number of nitrogens with zero attached hydrogens (tertiary/aromatic N) is 2. The Labute approximate surface area is 94.9 Å². The van der Waals surface area contributed by atoms with Crippen LogP contribution in [0.5, 0.6) is 0 Å². The molecule has 2 rings (SSSR count). The van der Waals surface area contributed by atoms with E-state index < -0.39 is 5.97 Å². The molecule has 1 aliphatic heterocycles. The van der Waals surface area contributed by atoms with Gasteiger partial charge in [0.2, 0.25) is 0 Å². The first-order valence-corrected chi connectivity index (χ1v) is 5.47. The van der Waals surface area contributed by atoms with Crippen LogP contribution in [0.25, 0.3) is 0 Å². The van der Waals surface area contributed by atoms with Crippen LogP contribution in [0.4, 0.5) is 5.69 Å². The normalized spacial score (nSPS) is 18.8. The first-order chi connectivity index (χ1) is 7.52. The summed E-state index contributed by atoms with van der Waals surface area (Å²) in [4.78, 5) is 17.2.